The zero-order valence-corrected chi connectivity index (χ0v) is 14.6. The maximum absolute atomic E-state index is 12.3. The fourth-order valence-corrected chi connectivity index (χ4v) is 2.93. The van der Waals surface area contributed by atoms with Crippen molar-refractivity contribution >= 4 is 6.03 Å². The topological polar surface area (TPSA) is 59.6 Å². The van der Waals surface area contributed by atoms with Crippen LogP contribution in [0.2, 0.25) is 0 Å². The summed E-state index contributed by atoms with van der Waals surface area (Å²) in [7, 11) is 3.20. The Morgan fingerprint density at radius 3 is 2.44 bits per heavy atom. The number of rotatable bonds is 7. The molecule has 1 unspecified atom stereocenters. The van der Waals surface area contributed by atoms with Crippen LogP contribution in [0.5, 0.6) is 11.5 Å². The number of urea groups is 1. The molecule has 2 amide bonds. The summed E-state index contributed by atoms with van der Waals surface area (Å²) in [6.07, 6.45) is 2.32. The van der Waals surface area contributed by atoms with E-state index in [1.54, 1.807) is 14.2 Å². The fraction of sp³-hybridized carbons (Fsp3) is 0.350. The van der Waals surface area contributed by atoms with E-state index in [1.807, 2.05) is 36.4 Å². The normalized spacial score (nSPS) is 14.5. The van der Waals surface area contributed by atoms with Crippen LogP contribution in [0.15, 0.2) is 48.5 Å². The third-order valence-electron chi connectivity index (χ3n) is 4.44. The molecule has 0 saturated heterocycles. The van der Waals surface area contributed by atoms with Gasteiger partial charge in [-0.05, 0) is 42.0 Å². The average molecular weight is 340 g/mol. The summed E-state index contributed by atoms with van der Waals surface area (Å²) in [5, 5.41) is 6.03. The van der Waals surface area contributed by atoms with Gasteiger partial charge in [0.2, 0.25) is 0 Å². The van der Waals surface area contributed by atoms with Gasteiger partial charge in [-0.15, -0.1) is 0 Å². The van der Waals surface area contributed by atoms with E-state index in [2.05, 4.69) is 22.8 Å². The molecule has 1 aliphatic rings. The lowest BCUT2D eigenvalue weighted by Crippen LogP contribution is -2.38. The Balaban J connectivity index is 1.59. The Morgan fingerprint density at radius 1 is 1.08 bits per heavy atom. The van der Waals surface area contributed by atoms with Gasteiger partial charge in [-0.3, -0.25) is 0 Å². The van der Waals surface area contributed by atoms with Crippen LogP contribution in [0, 0.1) is 5.92 Å². The van der Waals surface area contributed by atoms with E-state index >= 15 is 0 Å². The largest absolute Gasteiger partial charge is 0.493 e. The molecule has 1 atom stereocenters. The predicted octanol–water partition coefficient (Wildman–Crippen LogP) is 3.65. The molecule has 1 fully saturated rings. The minimum atomic E-state index is -0.157. The van der Waals surface area contributed by atoms with Crippen LogP contribution in [0.3, 0.4) is 0 Å². The second-order valence-corrected chi connectivity index (χ2v) is 6.24. The van der Waals surface area contributed by atoms with E-state index in [1.165, 1.54) is 0 Å². The van der Waals surface area contributed by atoms with Gasteiger partial charge in [-0.2, -0.15) is 0 Å². The number of nitrogens with one attached hydrogen (secondary N) is 2. The van der Waals surface area contributed by atoms with Crippen molar-refractivity contribution in [3.63, 3.8) is 0 Å². The second-order valence-electron chi connectivity index (χ2n) is 6.24. The molecule has 0 aliphatic heterocycles. The maximum Gasteiger partial charge on any atom is 0.315 e. The molecule has 1 aliphatic carbocycles. The molecule has 2 aromatic carbocycles. The minimum absolute atomic E-state index is 0.0756. The number of hydrogen-bond donors (Lipinski definition) is 2. The zero-order chi connectivity index (χ0) is 17.6. The summed E-state index contributed by atoms with van der Waals surface area (Å²) < 4.78 is 10.5. The molecule has 0 bridgehead atoms. The SMILES string of the molecule is COc1ccc(CNC(=O)NC(c2ccccc2)C2CC2)cc1OC. The molecule has 0 heterocycles. The Bertz CT molecular complexity index is 714. The van der Waals surface area contributed by atoms with Gasteiger partial charge in [0.05, 0.1) is 20.3 Å². The molecule has 1 saturated carbocycles. The average Bonchev–Trinajstić information content (AvgIpc) is 3.50. The third-order valence-corrected chi connectivity index (χ3v) is 4.44. The van der Waals surface area contributed by atoms with Gasteiger partial charge in [0.15, 0.2) is 11.5 Å². The van der Waals surface area contributed by atoms with Crippen molar-refractivity contribution in [2.75, 3.05) is 14.2 Å². The van der Waals surface area contributed by atoms with Crippen LogP contribution >= 0.6 is 0 Å². The van der Waals surface area contributed by atoms with Crippen LogP contribution in [0.25, 0.3) is 0 Å². The van der Waals surface area contributed by atoms with Gasteiger partial charge in [0.1, 0.15) is 0 Å². The van der Waals surface area contributed by atoms with Crippen molar-refractivity contribution in [3.05, 3.63) is 59.7 Å². The van der Waals surface area contributed by atoms with E-state index in [-0.39, 0.29) is 12.1 Å². The third kappa shape index (κ3) is 4.44. The van der Waals surface area contributed by atoms with E-state index in [0.29, 0.717) is 24.0 Å². The summed E-state index contributed by atoms with van der Waals surface area (Å²) in [5.74, 6) is 1.87. The predicted molar refractivity (Wildman–Crippen MR) is 96.8 cm³/mol. The van der Waals surface area contributed by atoms with Crippen LogP contribution < -0.4 is 20.1 Å². The summed E-state index contributed by atoms with van der Waals surface area (Å²) in [6.45, 7) is 0.429. The van der Waals surface area contributed by atoms with E-state index in [0.717, 1.165) is 24.0 Å². The summed E-state index contributed by atoms with van der Waals surface area (Å²) in [6, 6.07) is 15.7. The first-order valence-electron chi connectivity index (χ1n) is 8.51. The highest BCUT2D eigenvalue weighted by atomic mass is 16.5. The lowest BCUT2D eigenvalue weighted by Gasteiger charge is -2.19. The number of ether oxygens (including phenoxy) is 2. The Hall–Kier alpha value is -2.69. The van der Waals surface area contributed by atoms with Crippen LogP contribution in [-0.2, 0) is 6.54 Å². The highest BCUT2D eigenvalue weighted by Crippen LogP contribution is 2.40. The number of carbonyl (C=O) groups excluding carboxylic acids is 1. The molecule has 0 radical (unpaired) electrons. The molecule has 3 rings (SSSR count). The van der Waals surface area contributed by atoms with E-state index in [9.17, 15) is 4.79 Å². The molecule has 5 heteroatoms. The van der Waals surface area contributed by atoms with Crippen molar-refractivity contribution in [1.82, 2.24) is 10.6 Å². The summed E-state index contributed by atoms with van der Waals surface area (Å²) >= 11 is 0. The van der Waals surface area contributed by atoms with Gasteiger partial charge < -0.3 is 20.1 Å². The molecule has 25 heavy (non-hydrogen) atoms. The fourth-order valence-electron chi connectivity index (χ4n) is 2.93. The Kier molecular flexibility index (Phi) is 5.43. The van der Waals surface area contributed by atoms with Gasteiger partial charge in [-0.25, -0.2) is 4.79 Å². The van der Waals surface area contributed by atoms with Crippen molar-refractivity contribution in [1.29, 1.82) is 0 Å². The maximum atomic E-state index is 12.3. The Morgan fingerprint density at radius 2 is 1.80 bits per heavy atom. The Labute approximate surface area is 148 Å². The smallest absolute Gasteiger partial charge is 0.315 e. The number of methoxy groups -OCH3 is 2. The minimum Gasteiger partial charge on any atom is -0.493 e. The van der Waals surface area contributed by atoms with Gasteiger partial charge >= 0.3 is 6.03 Å². The molecule has 0 spiro atoms. The molecule has 2 aromatic rings. The van der Waals surface area contributed by atoms with E-state index < -0.39 is 0 Å². The lowest BCUT2D eigenvalue weighted by molar-refractivity contribution is 0.235. The highest BCUT2D eigenvalue weighted by Gasteiger charge is 2.33. The van der Waals surface area contributed by atoms with Crippen molar-refractivity contribution in [2.45, 2.75) is 25.4 Å². The monoisotopic (exact) mass is 340 g/mol. The first kappa shape index (κ1) is 17.1. The standard InChI is InChI=1S/C20H24N2O3/c1-24-17-11-8-14(12-18(17)25-2)13-21-20(23)22-19(16-9-10-16)15-6-4-3-5-7-15/h3-8,11-12,16,19H,9-10,13H2,1-2H3,(H2,21,22,23). The van der Waals surface area contributed by atoms with Gasteiger partial charge in [0.25, 0.3) is 0 Å². The van der Waals surface area contributed by atoms with E-state index in [4.69, 9.17) is 9.47 Å². The first-order valence-corrected chi connectivity index (χ1v) is 8.51. The molecule has 2 N–H and O–H groups in total. The van der Waals surface area contributed by atoms with Crippen LogP contribution in [0.4, 0.5) is 4.79 Å². The number of hydrogen-bond acceptors (Lipinski definition) is 3. The second kappa shape index (κ2) is 7.92. The number of amides is 2. The zero-order valence-electron chi connectivity index (χ0n) is 14.6. The molecular formula is C20H24N2O3. The van der Waals surface area contributed by atoms with Crippen molar-refractivity contribution < 1.29 is 14.3 Å². The number of benzene rings is 2. The molecule has 5 nitrogen and oxygen atoms in total. The quantitative estimate of drug-likeness (QED) is 0.809. The van der Waals surface area contributed by atoms with Gasteiger partial charge in [0, 0.05) is 6.54 Å². The summed E-state index contributed by atoms with van der Waals surface area (Å²) in [5.41, 5.74) is 2.11. The van der Waals surface area contributed by atoms with Crippen molar-refractivity contribution in [2.24, 2.45) is 5.92 Å². The highest BCUT2D eigenvalue weighted by molar-refractivity contribution is 5.74. The van der Waals surface area contributed by atoms with Gasteiger partial charge in [-0.1, -0.05) is 36.4 Å². The molecule has 132 valence electrons. The van der Waals surface area contributed by atoms with Crippen LogP contribution in [-0.4, -0.2) is 20.3 Å². The lowest BCUT2D eigenvalue weighted by atomic mass is 10.0. The molecular weight excluding hydrogens is 316 g/mol. The van der Waals surface area contributed by atoms with Crippen molar-refractivity contribution in [3.8, 4) is 11.5 Å². The van der Waals surface area contributed by atoms with Crippen LogP contribution in [0.1, 0.15) is 30.0 Å². The summed E-state index contributed by atoms with van der Waals surface area (Å²) in [4.78, 5) is 12.3. The molecule has 0 aromatic heterocycles. The first-order chi connectivity index (χ1) is 12.2. The number of carbonyl (C=O) groups is 1.